The molecule has 3 rings (SSSR count). The molecule has 0 bridgehead atoms. The summed E-state index contributed by atoms with van der Waals surface area (Å²) in [5.74, 6) is 1.58. The van der Waals surface area contributed by atoms with Crippen LogP contribution in [0.2, 0.25) is 0 Å². The van der Waals surface area contributed by atoms with Crippen molar-refractivity contribution in [1.29, 1.82) is 0 Å². The highest BCUT2D eigenvalue weighted by Gasteiger charge is 2.28. The zero-order chi connectivity index (χ0) is 20.6. The van der Waals surface area contributed by atoms with Gasteiger partial charge in [-0.2, -0.15) is 0 Å². The Morgan fingerprint density at radius 3 is 2.93 bits per heavy atom. The molecule has 1 aromatic heterocycles. The molecule has 7 nitrogen and oxygen atoms in total. The van der Waals surface area contributed by atoms with Crippen molar-refractivity contribution in [2.24, 2.45) is 0 Å². The molecule has 1 aliphatic heterocycles. The van der Waals surface area contributed by atoms with E-state index in [1.54, 1.807) is 7.11 Å². The summed E-state index contributed by atoms with van der Waals surface area (Å²) < 4.78 is 22.4. The van der Waals surface area contributed by atoms with Gasteiger partial charge in [0.15, 0.2) is 29.3 Å². The molecule has 1 aliphatic rings. The zero-order valence-corrected chi connectivity index (χ0v) is 17.4. The molecule has 7 heteroatoms. The van der Waals surface area contributed by atoms with Crippen molar-refractivity contribution in [3.05, 3.63) is 41.6 Å². The van der Waals surface area contributed by atoms with Crippen LogP contribution in [0.3, 0.4) is 0 Å². The van der Waals surface area contributed by atoms with Crippen LogP contribution in [0, 0.1) is 0 Å². The fourth-order valence-electron chi connectivity index (χ4n) is 3.39. The van der Waals surface area contributed by atoms with Crippen LogP contribution < -0.4 is 14.8 Å². The summed E-state index contributed by atoms with van der Waals surface area (Å²) in [7, 11) is 1.62. The molecule has 0 spiro atoms. The van der Waals surface area contributed by atoms with Gasteiger partial charge in [-0.1, -0.05) is 25.8 Å². The van der Waals surface area contributed by atoms with E-state index in [0.717, 1.165) is 37.7 Å². The van der Waals surface area contributed by atoms with Crippen LogP contribution in [0.25, 0.3) is 0 Å². The lowest BCUT2D eigenvalue weighted by Gasteiger charge is -2.17. The predicted molar refractivity (Wildman–Crippen MR) is 108 cm³/mol. The average molecular weight is 402 g/mol. The van der Waals surface area contributed by atoms with Crippen LogP contribution in [0.1, 0.15) is 79.9 Å². The summed E-state index contributed by atoms with van der Waals surface area (Å²) in [5, 5.41) is 2.98. The van der Waals surface area contributed by atoms with E-state index in [0.29, 0.717) is 30.5 Å². The van der Waals surface area contributed by atoms with Gasteiger partial charge in [0.1, 0.15) is 6.10 Å². The first kappa shape index (κ1) is 21.2. The Hall–Kier alpha value is -2.54. The number of aromatic nitrogens is 1. The molecule has 1 fully saturated rings. The summed E-state index contributed by atoms with van der Waals surface area (Å²) in [6.45, 7) is 5.41. The van der Waals surface area contributed by atoms with Gasteiger partial charge >= 0.3 is 0 Å². The molecule has 2 heterocycles. The number of benzene rings is 1. The van der Waals surface area contributed by atoms with E-state index in [1.807, 2.05) is 25.1 Å². The Labute approximate surface area is 171 Å². The molecule has 1 aromatic carbocycles. The minimum absolute atomic E-state index is 0.196. The van der Waals surface area contributed by atoms with Crippen molar-refractivity contribution >= 4 is 5.91 Å². The van der Waals surface area contributed by atoms with Gasteiger partial charge in [-0.05, 0) is 43.9 Å². The predicted octanol–water partition coefficient (Wildman–Crippen LogP) is 4.59. The maximum absolute atomic E-state index is 12.7. The van der Waals surface area contributed by atoms with Crippen LogP contribution >= 0.6 is 0 Å². The number of nitrogens with one attached hydrogen (secondary N) is 1. The summed E-state index contributed by atoms with van der Waals surface area (Å²) in [5.41, 5.74) is 1.20. The SMILES string of the molecule is CCCCCOc1ccc(C(C)NC(=O)c2ncoc2C2CCCO2)cc1OC. The van der Waals surface area contributed by atoms with E-state index >= 15 is 0 Å². The van der Waals surface area contributed by atoms with E-state index < -0.39 is 0 Å². The third kappa shape index (κ3) is 5.29. The highest BCUT2D eigenvalue weighted by molar-refractivity contribution is 5.93. The van der Waals surface area contributed by atoms with Crippen molar-refractivity contribution in [1.82, 2.24) is 10.3 Å². The second kappa shape index (κ2) is 10.3. The van der Waals surface area contributed by atoms with Crippen molar-refractivity contribution in [2.45, 2.75) is 58.1 Å². The lowest BCUT2D eigenvalue weighted by Crippen LogP contribution is -2.28. The van der Waals surface area contributed by atoms with Crippen LogP contribution in [-0.4, -0.2) is 31.2 Å². The van der Waals surface area contributed by atoms with E-state index in [1.165, 1.54) is 6.39 Å². The standard InChI is InChI=1S/C22H30N2O5/c1-4-5-6-11-27-17-10-9-16(13-19(17)26-3)15(2)24-22(25)20-21(29-14-23-20)18-8-7-12-28-18/h9-10,13-15,18H,4-8,11-12H2,1-3H3,(H,24,25). The number of carbonyl (C=O) groups excluding carboxylic acids is 1. The van der Waals surface area contributed by atoms with Crippen molar-refractivity contribution in [3.8, 4) is 11.5 Å². The van der Waals surface area contributed by atoms with E-state index in [-0.39, 0.29) is 23.7 Å². The van der Waals surface area contributed by atoms with Crippen LogP contribution in [0.5, 0.6) is 11.5 Å². The van der Waals surface area contributed by atoms with Crippen LogP contribution in [0.15, 0.2) is 29.0 Å². The van der Waals surface area contributed by atoms with Gasteiger partial charge in [-0.15, -0.1) is 0 Å². The minimum Gasteiger partial charge on any atom is -0.493 e. The lowest BCUT2D eigenvalue weighted by atomic mass is 10.1. The highest BCUT2D eigenvalue weighted by Crippen LogP contribution is 2.32. The fraction of sp³-hybridized carbons (Fsp3) is 0.545. The first-order valence-electron chi connectivity index (χ1n) is 10.3. The number of methoxy groups -OCH3 is 1. The fourth-order valence-corrected chi connectivity index (χ4v) is 3.39. The average Bonchev–Trinajstić information content (AvgIpc) is 3.42. The monoisotopic (exact) mass is 402 g/mol. The van der Waals surface area contributed by atoms with Gasteiger partial charge in [0.05, 0.1) is 19.8 Å². The number of rotatable bonds is 10. The number of ether oxygens (including phenoxy) is 3. The number of hydrogen-bond acceptors (Lipinski definition) is 6. The normalized spacial score (nSPS) is 17.1. The number of unbranched alkanes of at least 4 members (excludes halogenated alkanes) is 2. The lowest BCUT2D eigenvalue weighted by molar-refractivity contribution is 0.0854. The Bertz CT molecular complexity index is 798. The number of carbonyl (C=O) groups is 1. The Morgan fingerprint density at radius 2 is 2.21 bits per heavy atom. The smallest absolute Gasteiger partial charge is 0.274 e. The molecule has 29 heavy (non-hydrogen) atoms. The van der Waals surface area contributed by atoms with Crippen molar-refractivity contribution < 1.29 is 23.4 Å². The molecule has 1 N–H and O–H groups in total. The van der Waals surface area contributed by atoms with Gasteiger partial charge in [0, 0.05) is 6.61 Å². The Balaban J connectivity index is 1.65. The third-order valence-electron chi connectivity index (χ3n) is 5.07. The van der Waals surface area contributed by atoms with Gasteiger partial charge in [0.2, 0.25) is 0 Å². The molecule has 0 aliphatic carbocycles. The zero-order valence-electron chi connectivity index (χ0n) is 17.4. The molecule has 158 valence electrons. The summed E-state index contributed by atoms with van der Waals surface area (Å²) in [4.78, 5) is 16.8. The second-order valence-electron chi connectivity index (χ2n) is 7.23. The number of oxazole rings is 1. The molecule has 2 unspecified atom stereocenters. The van der Waals surface area contributed by atoms with Gasteiger partial charge in [-0.3, -0.25) is 4.79 Å². The van der Waals surface area contributed by atoms with Gasteiger partial charge in [0.25, 0.3) is 5.91 Å². The number of amides is 1. The summed E-state index contributed by atoms with van der Waals surface area (Å²) in [6.07, 6.45) is 6.19. The largest absolute Gasteiger partial charge is 0.493 e. The molecule has 2 aromatic rings. The van der Waals surface area contributed by atoms with Crippen molar-refractivity contribution in [3.63, 3.8) is 0 Å². The third-order valence-corrected chi connectivity index (χ3v) is 5.07. The first-order valence-corrected chi connectivity index (χ1v) is 10.3. The van der Waals surface area contributed by atoms with E-state index in [9.17, 15) is 4.79 Å². The second-order valence-corrected chi connectivity index (χ2v) is 7.23. The highest BCUT2D eigenvalue weighted by atomic mass is 16.5. The van der Waals surface area contributed by atoms with Crippen LogP contribution in [-0.2, 0) is 4.74 Å². The van der Waals surface area contributed by atoms with Crippen LogP contribution in [0.4, 0.5) is 0 Å². The molecular formula is C22H30N2O5. The quantitative estimate of drug-likeness (QED) is 0.585. The van der Waals surface area contributed by atoms with Gasteiger partial charge in [-0.25, -0.2) is 4.98 Å². The molecule has 0 saturated carbocycles. The van der Waals surface area contributed by atoms with E-state index in [4.69, 9.17) is 18.6 Å². The Morgan fingerprint density at radius 1 is 1.34 bits per heavy atom. The van der Waals surface area contributed by atoms with E-state index in [2.05, 4.69) is 17.2 Å². The minimum atomic E-state index is -0.282. The number of hydrogen-bond donors (Lipinski definition) is 1. The Kier molecular flexibility index (Phi) is 7.52. The van der Waals surface area contributed by atoms with Crippen molar-refractivity contribution in [2.75, 3.05) is 20.3 Å². The first-order chi connectivity index (χ1) is 14.1. The molecule has 2 atom stereocenters. The summed E-state index contributed by atoms with van der Waals surface area (Å²) in [6, 6.07) is 5.48. The molecule has 1 amide bonds. The maximum Gasteiger partial charge on any atom is 0.274 e. The van der Waals surface area contributed by atoms with Gasteiger partial charge < -0.3 is 23.9 Å². The topological polar surface area (TPSA) is 82.8 Å². The number of nitrogens with zero attached hydrogens (tertiary/aromatic N) is 1. The molecule has 1 saturated heterocycles. The summed E-state index contributed by atoms with van der Waals surface area (Å²) >= 11 is 0. The molecular weight excluding hydrogens is 372 g/mol. The molecule has 0 radical (unpaired) electrons. The maximum atomic E-state index is 12.7.